The molecular weight excluding hydrogens is 384 g/mol. The molecule has 0 fully saturated rings. The number of nitrogens with one attached hydrogen (secondary N) is 2. The lowest BCUT2D eigenvalue weighted by Crippen LogP contribution is -2.41. The zero-order valence-corrected chi connectivity index (χ0v) is 18.4. The first-order valence-corrected chi connectivity index (χ1v) is 9.68. The molecular formula is C23H30N2O5. The molecule has 30 heavy (non-hydrogen) atoms. The second kappa shape index (κ2) is 10.0. The van der Waals surface area contributed by atoms with Crippen LogP contribution in [0.5, 0.6) is 17.2 Å². The van der Waals surface area contributed by atoms with Gasteiger partial charge in [0, 0.05) is 12.0 Å². The van der Waals surface area contributed by atoms with Crippen molar-refractivity contribution in [2.24, 2.45) is 0 Å². The molecule has 0 bridgehead atoms. The quantitative estimate of drug-likeness (QED) is 0.678. The summed E-state index contributed by atoms with van der Waals surface area (Å²) in [6, 6.07) is 11.3. The van der Waals surface area contributed by atoms with Gasteiger partial charge in [-0.1, -0.05) is 45.0 Å². The van der Waals surface area contributed by atoms with Crippen molar-refractivity contribution in [3.63, 3.8) is 0 Å². The minimum absolute atomic E-state index is 0.0903. The summed E-state index contributed by atoms with van der Waals surface area (Å²) in [6.07, 6.45) is 0.834. The normalized spacial score (nSPS) is 10.9. The molecule has 2 amide bonds. The first-order valence-electron chi connectivity index (χ1n) is 9.68. The topological polar surface area (TPSA) is 85.9 Å². The summed E-state index contributed by atoms with van der Waals surface area (Å²) < 4.78 is 15.7. The van der Waals surface area contributed by atoms with E-state index in [4.69, 9.17) is 14.2 Å². The van der Waals surface area contributed by atoms with Gasteiger partial charge in [0.25, 0.3) is 5.91 Å². The van der Waals surface area contributed by atoms with Crippen LogP contribution in [-0.4, -0.2) is 33.1 Å². The number of aryl methyl sites for hydroxylation is 1. The molecule has 0 aliphatic heterocycles. The van der Waals surface area contributed by atoms with Crippen LogP contribution in [0.25, 0.3) is 0 Å². The lowest BCUT2D eigenvalue weighted by molar-refractivity contribution is -0.121. The highest BCUT2D eigenvalue weighted by atomic mass is 16.5. The van der Waals surface area contributed by atoms with Crippen LogP contribution in [0.4, 0.5) is 0 Å². The highest BCUT2D eigenvalue weighted by molar-refractivity contribution is 5.96. The van der Waals surface area contributed by atoms with E-state index >= 15 is 0 Å². The Hall–Kier alpha value is -3.22. The molecule has 0 aliphatic carbocycles. The van der Waals surface area contributed by atoms with Crippen molar-refractivity contribution in [1.29, 1.82) is 0 Å². The Morgan fingerprint density at radius 1 is 0.867 bits per heavy atom. The maximum Gasteiger partial charge on any atom is 0.269 e. The Bertz CT molecular complexity index is 860. The summed E-state index contributed by atoms with van der Waals surface area (Å²) >= 11 is 0. The number of carbonyl (C=O) groups is 2. The van der Waals surface area contributed by atoms with E-state index in [0.717, 1.165) is 5.56 Å². The molecule has 0 aromatic heterocycles. The van der Waals surface area contributed by atoms with Crippen LogP contribution in [0.3, 0.4) is 0 Å². The molecule has 0 unspecified atom stereocenters. The van der Waals surface area contributed by atoms with Gasteiger partial charge >= 0.3 is 0 Å². The summed E-state index contributed by atoms with van der Waals surface area (Å²) in [6.45, 7) is 6.48. The largest absolute Gasteiger partial charge is 0.493 e. The van der Waals surface area contributed by atoms with Crippen LogP contribution in [0.2, 0.25) is 0 Å². The molecule has 7 nitrogen and oxygen atoms in total. The fourth-order valence-electron chi connectivity index (χ4n) is 2.90. The van der Waals surface area contributed by atoms with E-state index in [0.29, 0.717) is 23.7 Å². The molecule has 0 aliphatic rings. The second-order valence-electron chi connectivity index (χ2n) is 7.86. The van der Waals surface area contributed by atoms with Crippen molar-refractivity contribution in [3.8, 4) is 17.2 Å². The molecule has 2 rings (SSSR count). The first-order chi connectivity index (χ1) is 14.2. The van der Waals surface area contributed by atoms with Crippen molar-refractivity contribution in [2.75, 3.05) is 21.3 Å². The third-order valence-corrected chi connectivity index (χ3v) is 4.70. The number of methoxy groups -OCH3 is 3. The number of carbonyl (C=O) groups excluding carboxylic acids is 2. The van der Waals surface area contributed by atoms with E-state index in [1.807, 2.05) is 12.1 Å². The van der Waals surface area contributed by atoms with E-state index in [-0.39, 0.29) is 23.3 Å². The molecule has 0 saturated carbocycles. The van der Waals surface area contributed by atoms with Gasteiger partial charge in [-0.3, -0.25) is 20.4 Å². The monoisotopic (exact) mass is 414 g/mol. The second-order valence-corrected chi connectivity index (χ2v) is 7.86. The highest BCUT2D eigenvalue weighted by Gasteiger charge is 2.17. The van der Waals surface area contributed by atoms with Crippen molar-refractivity contribution in [1.82, 2.24) is 10.9 Å². The lowest BCUT2D eigenvalue weighted by atomic mass is 9.86. The van der Waals surface area contributed by atoms with Crippen LogP contribution < -0.4 is 25.1 Å². The maximum absolute atomic E-state index is 12.4. The molecule has 2 N–H and O–H groups in total. The molecule has 0 spiro atoms. The van der Waals surface area contributed by atoms with Crippen LogP contribution >= 0.6 is 0 Å². The first kappa shape index (κ1) is 23.1. The fraction of sp³-hybridized carbons (Fsp3) is 0.391. The minimum atomic E-state index is -0.489. The van der Waals surface area contributed by atoms with Crippen molar-refractivity contribution >= 4 is 11.8 Å². The van der Waals surface area contributed by atoms with Crippen molar-refractivity contribution in [2.45, 2.75) is 39.0 Å². The number of hydrogen-bond donors (Lipinski definition) is 2. The zero-order chi connectivity index (χ0) is 22.3. The van der Waals surface area contributed by atoms with Gasteiger partial charge in [-0.25, -0.2) is 0 Å². The number of rotatable bonds is 7. The van der Waals surface area contributed by atoms with Gasteiger partial charge in [0.05, 0.1) is 21.3 Å². The summed E-state index contributed by atoms with van der Waals surface area (Å²) in [7, 11) is 4.42. The summed E-state index contributed by atoms with van der Waals surface area (Å²) in [5, 5.41) is 0. The third kappa shape index (κ3) is 5.89. The van der Waals surface area contributed by atoms with Crippen molar-refractivity contribution < 1.29 is 23.8 Å². The molecule has 0 radical (unpaired) electrons. The van der Waals surface area contributed by atoms with E-state index in [9.17, 15) is 9.59 Å². The number of hydrogen-bond acceptors (Lipinski definition) is 5. The molecule has 2 aromatic carbocycles. The van der Waals surface area contributed by atoms with Crippen LogP contribution in [0, 0.1) is 0 Å². The van der Waals surface area contributed by atoms with E-state index in [2.05, 4.69) is 43.8 Å². The van der Waals surface area contributed by atoms with Crippen LogP contribution in [0.1, 0.15) is 48.7 Å². The van der Waals surface area contributed by atoms with Gasteiger partial charge in [0.2, 0.25) is 11.7 Å². The zero-order valence-electron chi connectivity index (χ0n) is 18.4. The van der Waals surface area contributed by atoms with Crippen molar-refractivity contribution in [3.05, 3.63) is 53.1 Å². The molecule has 7 heteroatoms. The van der Waals surface area contributed by atoms with E-state index < -0.39 is 5.91 Å². The van der Waals surface area contributed by atoms with Gasteiger partial charge in [-0.05, 0) is 35.1 Å². The molecule has 162 valence electrons. The number of hydrazine groups is 1. The van der Waals surface area contributed by atoms with E-state index in [1.54, 1.807) is 0 Å². The Balaban J connectivity index is 1.92. The fourth-order valence-corrected chi connectivity index (χ4v) is 2.90. The van der Waals surface area contributed by atoms with Gasteiger partial charge in [0.1, 0.15) is 0 Å². The van der Waals surface area contributed by atoms with Crippen LogP contribution in [0.15, 0.2) is 36.4 Å². The molecule has 0 atom stereocenters. The highest BCUT2D eigenvalue weighted by Crippen LogP contribution is 2.38. The summed E-state index contributed by atoms with van der Waals surface area (Å²) in [5.74, 6) is 0.324. The minimum Gasteiger partial charge on any atom is -0.493 e. The van der Waals surface area contributed by atoms with E-state index in [1.165, 1.54) is 39.0 Å². The number of benzene rings is 2. The standard InChI is InChI=1S/C23H30N2O5/c1-23(2,3)17-10-7-15(8-11-17)9-12-20(26)24-25-22(27)16-13-18(28-4)21(30-6)19(14-16)29-5/h7-8,10-11,13-14H,9,12H2,1-6H3,(H,24,26)(H,25,27). The molecule has 0 saturated heterocycles. The molecule has 2 aromatic rings. The van der Waals surface area contributed by atoms with Crippen LogP contribution in [-0.2, 0) is 16.6 Å². The Labute approximate surface area is 177 Å². The summed E-state index contributed by atoms with van der Waals surface area (Å²) in [5.41, 5.74) is 7.52. The predicted octanol–water partition coefficient (Wildman–Crippen LogP) is 3.40. The SMILES string of the molecule is COc1cc(C(=O)NNC(=O)CCc2ccc(C(C)(C)C)cc2)cc(OC)c1OC. The summed E-state index contributed by atoms with van der Waals surface area (Å²) in [4.78, 5) is 24.5. The smallest absolute Gasteiger partial charge is 0.269 e. The Morgan fingerprint density at radius 3 is 1.90 bits per heavy atom. The number of ether oxygens (including phenoxy) is 3. The maximum atomic E-state index is 12.4. The third-order valence-electron chi connectivity index (χ3n) is 4.70. The predicted molar refractivity (Wildman–Crippen MR) is 115 cm³/mol. The Kier molecular flexibility index (Phi) is 7.69. The van der Waals surface area contributed by atoms with Gasteiger partial charge < -0.3 is 14.2 Å². The van der Waals surface area contributed by atoms with Gasteiger partial charge in [-0.15, -0.1) is 0 Å². The Morgan fingerprint density at radius 2 is 1.43 bits per heavy atom. The average Bonchev–Trinajstić information content (AvgIpc) is 2.74. The van der Waals surface area contributed by atoms with Gasteiger partial charge in [0.15, 0.2) is 11.5 Å². The number of amides is 2. The average molecular weight is 415 g/mol. The molecule has 0 heterocycles. The van der Waals surface area contributed by atoms with Gasteiger partial charge in [-0.2, -0.15) is 0 Å². The lowest BCUT2D eigenvalue weighted by Gasteiger charge is -2.19.